The number of nitrogens with one attached hydrogen (secondary N) is 1. The summed E-state index contributed by atoms with van der Waals surface area (Å²) >= 11 is 0. The van der Waals surface area contributed by atoms with Crippen LogP contribution in [0.15, 0.2) is 0 Å². The Morgan fingerprint density at radius 2 is 2.07 bits per heavy atom. The molecule has 2 N–H and O–H groups in total. The Morgan fingerprint density at radius 3 is 2.53 bits per heavy atom. The van der Waals surface area contributed by atoms with Gasteiger partial charge in [-0.15, -0.1) is 0 Å². The number of hydrogen-bond donors (Lipinski definition) is 2. The molecule has 0 saturated carbocycles. The van der Waals surface area contributed by atoms with E-state index in [1.54, 1.807) is 0 Å². The molecular formula is C11H21NO3. The smallest absolute Gasteiger partial charge is 0.320 e. The molecule has 0 radical (unpaired) electrons. The van der Waals surface area contributed by atoms with Gasteiger partial charge < -0.3 is 15.2 Å². The largest absolute Gasteiger partial charge is 0.480 e. The van der Waals surface area contributed by atoms with Gasteiger partial charge >= 0.3 is 5.97 Å². The van der Waals surface area contributed by atoms with Crippen LogP contribution in [0.1, 0.15) is 26.7 Å². The minimum atomic E-state index is -0.734. The van der Waals surface area contributed by atoms with Crippen LogP contribution in [-0.2, 0) is 9.53 Å². The van der Waals surface area contributed by atoms with Gasteiger partial charge in [0.2, 0.25) is 0 Å². The van der Waals surface area contributed by atoms with Crippen molar-refractivity contribution >= 4 is 5.97 Å². The SMILES string of the molecule is CC(C)CNC(C(=O)O)C1CCOCC1. The Morgan fingerprint density at radius 1 is 1.47 bits per heavy atom. The van der Waals surface area contributed by atoms with Gasteiger partial charge in [-0.05, 0) is 31.2 Å². The zero-order valence-electron chi connectivity index (χ0n) is 9.53. The Labute approximate surface area is 91.0 Å². The molecule has 1 atom stereocenters. The molecule has 1 aliphatic heterocycles. The summed E-state index contributed by atoms with van der Waals surface area (Å²) in [5.41, 5.74) is 0. The summed E-state index contributed by atoms with van der Waals surface area (Å²) in [6.45, 7) is 6.30. The highest BCUT2D eigenvalue weighted by molar-refractivity contribution is 5.73. The molecule has 1 unspecified atom stereocenters. The van der Waals surface area contributed by atoms with E-state index in [2.05, 4.69) is 19.2 Å². The highest BCUT2D eigenvalue weighted by Crippen LogP contribution is 2.19. The van der Waals surface area contributed by atoms with Gasteiger partial charge in [0.15, 0.2) is 0 Å². The van der Waals surface area contributed by atoms with Crippen LogP contribution in [0, 0.1) is 11.8 Å². The standard InChI is InChI=1S/C11H21NO3/c1-8(2)7-12-10(11(13)14)9-3-5-15-6-4-9/h8-10,12H,3-7H2,1-2H3,(H,13,14). The first kappa shape index (κ1) is 12.5. The van der Waals surface area contributed by atoms with Gasteiger partial charge in [0, 0.05) is 13.2 Å². The maximum absolute atomic E-state index is 11.1. The molecule has 0 aromatic carbocycles. The molecule has 0 bridgehead atoms. The molecule has 0 aromatic rings. The van der Waals surface area contributed by atoms with E-state index in [1.165, 1.54) is 0 Å². The van der Waals surface area contributed by atoms with Crippen molar-refractivity contribution in [3.05, 3.63) is 0 Å². The molecule has 4 nitrogen and oxygen atoms in total. The summed E-state index contributed by atoms with van der Waals surface area (Å²) in [4.78, 5) is 11.1. The van der Waals surface area contributed by atoms with Crippen LogP contribution >= 0.6 is 0 Å². The maximum atomic E-state index is 11.1. The van der Waals surface area contributed by atoms with Crippen LogP contribution in [-0.4, -0.2) is 36.9 Å². The second-order valence-electron chi connectivity index (χ2n) is 4.57. The summed E-state index contributed by atoms with van der Waals surface area (Å²) in [5.74, 6) is -0.0377. The highest BCUT2D eigenvalue weighted by Gasteiger charge is 2.29. The highest BCUT2D eigenvalue weighted by atomic mass is 16.5. The van der Waals surface area contributed by atoms with E-state index in [0.29, 0.717) is 19.1 Å². The Hall–Kier alpha value is -0.610. The average Bonchev–Trinajstić information content (AvgIpc) is 2.18. The van der Waals surface area contributed by atoms with Gasteiger partial charge in [-0.3, -0.25) is 4.79 Å². The first-order valence-corrected chi connectivity index (χ1v) is 5.65. The minimum absolute atomic E-state index is 0.218. The van der Waals surface area contributed by atoms with Crippen LogP contribution in [0.3, 0.4) is 0 Å². The van der Waals surface area contributed by atoms with Crippen molar-refractivity contribution in [1.29, 1.82) is 0 Å². The van der Waals surface area contributed by atoms with Crippen LogP contribution in [0.25, 0.3) is 0 Å². The normalized spacial score (nSPS) is 20.5. The summed E-state index contributed by atoms with van der Waals surface area (Å²) < 4.78 is 5.23. The molecule has 0 aliphatic carbocycles. The van der Waals surface area contributed by atoms with Crippen molar-refractivity contribution in [2.24, 2.45) is 11.8 Å². The van der Waals surface area contributed by atoms with Gasteiger partial charge in [-0.1, -0.05) is 13.8 Å². The molecule has 1 aliphatic rings. The number of carboxylic acids is 1. The summed E-state index contributed by atoms with van der Waals surface area (Å²) in [7, 11) is 0. The fourth-order valence-corrected chi connectivity index (χ4v) is 1.87. The van der Waals surface area contributed by atoms with Gasteiger partial charge in [-0.25, -0.2) is 0 Å². The number of carboxylic acid groups (broad SMARTS) is 1. The molecule has 0 aromatic heterocycles. The Kier molecular flexibility index (Phi) is 5.05. The van der Waals surface area contributed by atoms with Gasteiger partial charge in [0.25, 0.3) is 0 Å². The topological polar surface area (TPSA) is 58.6 Å². The van der Waals surface area contributed by atoms with Crippen molar-refractivity contribution in [3.63, 3.8) is 0 Å². The second kappa shape index (κ2) is 6.08. The van der Waals surface area contributed by atoms with E-state index in [9.17, 15) is 4.79 Å². The molecule has 0 amide bonds. The fourth-order valence-electron chi connectivity index (χ4n) is 1.87. The summed E-state index contributed by atoms with van der Waals surface area (Å²) in [6, 6.07) is -0.406. The number of rotatable bonds is 5. The molecule has 1 rings (SSSR count). The van der Waals surface area contributed by atoms with E-state index in [0.717, 1.165) is 19.4 Å². The third-order valence-electron chi connectivity index (χ3n) is 2.75. The van der Waals surface area contributed by atoms with Crippen molar-refractivity contribution in [1.82, 2.24) is 5.32 Å². The van der Waals surface area contributed by atoms with Crippen LogP contribution in [0.4, 0.5) is 0 Å². The van der Waals surface area contributed by atoms with Gasteiger partial charge in [-0.2, -0.15) is 0 Å². The number of carbonyl (C=O) groups is 1. The van der Waals surface area contributed by atoms with E-state index in [-0.39, 0.29) is 5.92 Å². The summed E-state index contributed by atoms with van der Waals surface area (Å²) in [6.07, 6.45) is 1.70. The Bertz CT molecular complexity index is 200. The number of ether oxygens (including phenoxy) is 1. The number of aliphatic carboxylic acids is 1. The predicted octanol–water partition coefficient (Wildman–Crippen LogP) is 1.11. The lowest BCUT2D eigenvalue weighted by molar-refractivity contribution is -0.142. The quantitative estimate of drug-likeness (QED) is 0.721. The molecule has 1 saturated heterocycles. The zero-order valence-corrected chi connectivity index (χ0v) is 9.53. The monoisotopic (exact) mass is 215 g/mol. The molecular weight excluding hydrogens is 194 g/mol. The Balaban J connectivity index is 2.44. The second-order valence-corrected chi connectivity index (χ2v) is 4.57. The lowest BCUT2D eigenvalue weighted by Crippen LogP contribution is -2.46. The molecule has 1 fully saturated rings. The van der Waals surface area contributed by atoms with E-state index >= 15 is 0 Å². The molecule has 4 heteroatoms. The first-order chi connectivity index (χ1) is 7.11. The molecule has 88 valence electrons. The fraction of sp³-hybridized carbons (Fsp3) is 0.909. The van der Waals surface area contributed by atoms with Crippen molar-refractivity contribution in [3.8, 4) is 0 Å². The summed E-state index contributed by atoms with van der Waals surface area (Å²) in [5, 5.41) is 12.3. The van der Waals surface area contributed by atoms with Crippen molar-refractivity contribution in [2.45, 2.75) is 32.7 Å². The molecule has 1 heterocycles. The first-order valence-electron chi connectivity index (χ1n) is 5.65. The zero-order chi connectivity index (χ0) is 11.3. The van der Waals surface area contributed by atoms with Crippen molar-refractivity contribution in [2.75, 3.05) is 19.8 Å². The molecule has 0 spiro atoms. The molecule has 15 heavy (non-hydrogen) atoms. The number of hydrogen-bond acceptors (Lipinski definition) is 3. The van der Waals surface area contributed by atoms with Gasteiger partial charge in [0.1, 0.15) is 6.04 Å². The van der Waals surface area contributed by atoms with E-state index in [1.807, 2.05) is 0 Å². The van der Waals surface area contributed by atoms with Crippen LogP contribution in [0.2, 0.25) is 0 Å². The van der Waals surface area contributed by atoms with Gasteiger partial charge in [0.05, 0.1) is 0 Å². The third-order valence-corrected chi connectivity index (χ3v) is 2.75. The van der Waals surface area contributed by atoms with Crippen LogP contribution < -0.4 is 5.32 Å². The average molecular weight is 215 g/mol. The maximum Gasteiger partial charge on any atom is 0.320 e. The van der Waals surface area contributed by atoms with Crippen LogP contribution in [0.5, 0.6) is 0 Å². The lowest BCUT2D eigenvalue weighted by Gasteiger charge is -2.28. The minimum Gasteiger partial charge on any atom is -0.480 e. The van der Waals surface area contributed by atoms with E-state index in [4.69, 9.17) is 9.84 Å². The van der Waals surface area contributed by atoms with Crippen molar-refractivity contribution < 1.29 is 14.6 Å². The predicted molar refractivity (Wildman–Crippen MR) is 57.8 cm³/mol. The van der Waals surface area contributed by atoms with E-state index < -0.39 is 12.0 Å². The lowest BCUT2D eigenvalue weighted by atomic mass is 9.91. The third kappa shape index (κ3) is 4.18.